The lowest BCUT2D eigenvalue weighted by Crippen LogP contribution is -2.45. The van der Waals surface area contributed by atoms with Crippen molar-refractivity contribution in [1.29, 1.82) is 0 Å². The number of likely N-dealkylation sites (N-methyl/N-ethyl adjacent to an activating group) is 1. The molecule has 0 aliphatic carbocycles. The highest BCUT2D eigenvalue weighted by atomic mass is 32.2. The highest BCUT2D eigenvalue weighted by Crippen LogP contribution is 2.48. The molecule has 0 radical (unpaired) electrons. The Labute approximate surface area is 153 Å². The number of halogens is 1. The molecule has 1 saturated heterocycles. The van der Waals surface area contributed by atoms with E-state index in [0.29, 0.717) is 0 Å². The minimum Gasteiger partial charge on any atom is -0.340 e. The van der Waals surface area contributed by atoms with Crippen LogP contribution in [0.4, 0.5) is 15.8 Å². The molecule has 5 heteroatoms. The Morgan fingerprint density at radius 3 is 2.52 bits per heavy atom. The molecule has 0 spiro atoms. The van der Waals surface area contributed by atoms with Crippen molar-refractivity contribution >= 4 is 23.1 Å². The lowest BCUT2D eigenvalue weighted by Gasteiger charge is -2.35. The molecule has 0 aromatic heterocycles. The summed E-state index contributed by atoms with van der Waals surface area (Å²) in [6.45, 7) is 6.61. The first-order chi connectivity index (χ1) is 12.2. The molecule has 0 unspecified atom stereocenters. The van der Waals surface area contributed by atoms with Gasteiger partial charge in [-0.3, -0.25) is 0 Å². The lowest BCUT2D eigenvalue weighted by molar-refractivity contribution is 0.153. The number of para-hydroxylation sites is 1. The van der Waals surface area contributed by atoms with Crippen LogP contribution < -0.4 is 4.90 Å². The molecule has 2 aromatic carbocycles. The van der Waals surface area contributed by atoms with Crippen molar-refractivity contribution in [3.05, 3.63) is 48.3 Å². The SMILES string of the molecule is CN1CCN(CCCN2c3ccccc3Sc3ccc([18F])cc32)CC1. The Kier molecular flexibility index (Phi) is 4.97. The van der Waals surface area contributed by atoms with Crippen molar-refractivity contribution in [1.82, 2.24) is 9.80 Å². The quantitative estimate of drug-likeness (QED) is 0.817. The molecule has 25 heavy (non-hydrogen) atoms. The number of anilines is 2. The van der Waals surface area contributed by atoms with E-state index in [1.54, 1.807) is 23.9 Å². The average Bonchev–Trinajstić information content (AvgIpc) is 2.63. The summed E-state index contributed by atoms with van der Waals surface area (Å²) in [5.74, 6) is -0.164. The zero-order valence-corrected chi connectivity index (χ0v) is 15.4. The third-order valence-electron chi connectivity index (χ3n) is 5.04. The van der Waals surface area contributed by atoms with E-state index in [4.69, 9.17) is 0 Å². The summed E-state index contributed by atoms with van der Waals surface area (Å²) in [5.41, 5.74) is 2.20. The third kappa shape index (κ3) is 3.68. The second kappa shape index (κ2) is 7.36. The highest BCUT2D eigenvalue weighted by Gasteiger charge is 2.23. The van der Waals surface area contributed by atoms with Crippen LogP contribution in [0.25, 0.3) is 0 Å². The maximum atomic E-state index is 13.8. The van der Waals surface area contributed by atoms with Gasteiger partial charge in [-0.25, -0.2) is 4.39 Å². The van der Waals surface area contributed by atoms with E-state index < -0.39 is 0 Å². The first kappa shape index (κ1) is 16.9. The number of benzene rings is 2. The molecule has 0 amide bonds. The van der Waals surface area contributed by atoms with Gasteiger partial charge in [0.25, 0.3) is 0 Å². The van der Waals surface area contributed by atoms with Gasteiger partial charge in [-0.15, -0.1) is 0 Å². The van der Waals surface area contributed by atoms with Crippen molar-refractivity contribution in [3.63, 3.8) is 0 Å². The lowest BCUT2D eigenvalue weighted by atomic mass is 10.2. The van der Waals surface area contributed by atoms with E-state index in [-0.39, 0.29) is 5.82 Å². The van der Waals surface area contributed by atoms with E-state index >= 15 is 0 Å². The summed E-state index contributed by atoms with van der Waals surface area (Å²) >= 11 is 1.73. The Morgan fingerprint density at radius 1 is 0.920 bits per heavy atom. The molecule has 2 heterocycles. The molecule has 0 bridgehead atoms. The Hall–Kier alpha value is -1.56. The molecule has 0 N–H and O–H groups in total. The van der Waals surface area contributed by atoms with Crippen LogP contribution in [0.2, 0.25) is 0 Å². The molecular formula is C20H24FN3S. The van der Waals surface area contributed by atoms with Gasteiger partial charge in [0.15, 0.2) is 0 Å². The van der Waals surface area contributed by atoms with Crippen LogP contribution in [-0.2, 0) is 0 Å². The van der Waals surface area contributed by atoms with Gasteiger partial charge in [0.2, 0.25) is 0 Å². The van der Waals surface area contributed by atoms with Crippen LogP contribution in [0.5, 0.6) is 0 Å². The number of nitrogens with zero attached hydrogens (tertiary/aromatic N) is 3. The average molecular weight is 357 g/mol. The molecule has 132 valence electrons. The van der Waals surface area contributed by atoms with Crippen molar-refractivity contribution in [2.45, 2.75) is 16.2 Å². The molecule has 2 aliphatic heterocycles. The second-order valence-corrected chi connectivity index (χ2v) is 7.92. The molecule has 2 aromatic rings. The summed E-state index contributed by atoms with van der Waals surface area (Å²) < 4.78 is 13.8. The van der Waals surface area contributed by atoms with E-state index in [0.717, 1.165) is 56.3 Å². The predicted molar refractivity (Wildman–Crippen MR) is 103 cm³/mol. The minimum atomic E-state index is -0.164. The number of rotatable bonds is 4. The van der Waals surface area contributed by atoms with Gasteiger partial charge in [0.05, 0.1) is 11.4 Å². The number of hydrogen-bond donors (Lipinski definition) is 0. The zero-order chi connectivity index (χ0) is 17.2. The molecule has 4 rings (SSSR count). The predicted octanol–water partition coefficient (Wildman–Crippen LogP) is 4.07. The summed E-state index contributed by atoms with van der Waals surface area (Å²) in [5, 5.41) is 0. The fraction of sp³-hybridized carbons (Fsp3) is 0.400. The van der Waals surface area contributed by atoms with Gasteiger partial charge >= 0.3 is 0 Å². The van der Waals surface area contributed by atoms with E-state index in [2.05, 4.69) is 46.0 Å². The van der Waals surface area contributed by atoms with Crippen molar-refractivity contribution < 1.29 is 4.39 Å². The topological polar surface area (TPSA) is 9.72 Å². The monoisotopic (exact) mass is 356 g/mol. The standard InChI is InChI=1S/C20H24FN3S/c1-22-11-13-23(14-12-22)9-4-10-24-17-5-2-3-6-19(17)25-20-8-7-16(21)15-18(20)24/h2-3,5-8,15H,4,9-14H2,1H3/i21-1. The van der Waals surface area contributed by atoms with Crippen LogP contribution in [0.15, 0.2) is 52.3 Å². The normalized spacial score (nSPS) is 18.1. The van der Waals surface area contributed by atoms with Gasteiger partial charge in [-0.05, 0) is 50.3 Å². The van der Waals surface area contributed by atoms with Crippen molar-refractivity contribution in [2.24, 2.45) is 0 Å². The second-order valence-electron chi connectivity index (χ2n) is 6.83. The fourth-order valence-corrected chi connectivity index (χ4v) is 4.64. The van der Waals surface area contributed by atoms with Crippen LogP contribution in [-0.4, -0.2) is 56.1 Å². The highest BCUT2D eigenvalue weighted by molar-refractivity contribution is 7.99. The molecule has 0 saturated carbocycles. The van der Waals surface area contributed by atoms with Gasteiger partial charge < -0.3 is 14.7 Å². The molecule has 0 atom stereocenters. The molecular weight excluding hydrogens is 332 g/mol. The third-order valence-corrected chi connectivity index (χ3v) is 6.17. The fourth-order valence-electron chi connectivity index (χ4n) is 3.57. The van der Waals surface area contributed by atoms with Crippen LogP contribution in [0, 0.1) is 5.82 Å². The van der Waals surface area contributed by atoms with Gasteiger partial charge in [-0.1, -0.05) is 23.9 Å². The Balaban J connectivity index is 1.49. The summed E-state index contributed by atoms with van der Waals surface area (Å²) in [6, 6.07) is 13.6. The summed E-state index contributed by atoms with van der Waals surface area (Å²) in [7, 11) is 2.19. The van der Waals surface area contributed by atoms with E-state index in [1.165, 1.54) is 10.6 Å². The molecule has 1 fully saturated rings. The Bertz CT molecular complexity index is 743. The van der Waals surface area contributed by atoms with Crippen LogP contribution in [0.3, 0.4) is 0 Å². The minimum absolute atomic E-state index is 0.164. The first-order valence-electron chi connectivity index (χ1n) is 8.95. The van der Waals surface area contributed by atoms with E-state index in [1.807, 2.05) is 6.07 Å². The van der Waals surface area contributed by atoms with E-state index in [9.17, 15) is 4.39 Å². The number of piperazine rings is 1. The summed E-state index contributed by atoms with van der Waals surface area (Å²) in [4.78, 5) is 9.60. The largest absolute Gasteiger partial charge is 0.340 e. The first-order valence-corrected chi connectivity index (χ1v) is 9.77. The number of fused-ring (bicyclic) bond motifs is 2. The van der Waals surface area contributed by atoms with Crippen molar-refractivity contribution in [3.8, 4) is 0 Å². The maximum Gasteiger partial charge on any atom is 0.125 e. The van der Waals surface area contributed by atoms with Crippen LogP contribution in [0.1, 0.15) is 6.42 Å². The van der Waals surface area contributed by atoms with Crippen molar-refractivity contribution in [2.75, 3.05) is 51.2 Å². The van der Waals surface area contributed by atoms with Gasteiger partial charge in [0, 0.05) is 42.5 Å². The number of hydrogen-bond acceptors (Lipinski definition) is 4. The smallest absolute Gasteiger partial charge is 0.125 e. The van der Waals surface area contributed by atoms with Crippen LogP contribution >= 0.6 is 11.8 Å². The molecule has 2 aliphatic rings. The maximum absolute atomic E-state index is 13.8. The van der Waals surface area contributed by atoms with Gasteiger partial charge in [-0.2, -0.15) is 0 Å². The Morgan fingerprint density at radius 2 is 1.68 bits per heavy atom. The summed E-state index contributed by atoms with van der Waals surface area (Å²) in [6.07, 6.45) is 1.08. The van der Waals surface area contributed by atoms with Gasteiger partial charge in [0.1, 0.15) is 5.82 Å². The molecule has 3 nitrogen and oxygen atoms in total. The zero-order valence-electron chi connectivity index (χ0n) is 14.6.